The molecule has 3 heteroatoms. The van der Waals surface area contributed by atoms with Gasteiger partial charge in [-0.1, -0.05) is 6.92 Å². The Morgan fingerprint density at radius 3 is 2.50 bits per heavy atom. The van der Waals surface area contributed by atoms with E-state index >= 15 is 0 Å². The molecule has 1 fully saturated rings. The van der Waals surface area contributed by atoms with Crippen LogP contribution in [0.25, 0.3) is 0 Å². The molecular formula is C7H13ClN2. The Labute approximate surface area is 67.8 Å². The van der Waals surface area contributed by atoms with Crippen molar-refractivity contribution in [3.05, 3.63) is 0 Å². The molecule has 0 spiro atoms. The average Bonchev–Trinajstić information content (AvgIpc) is 1.81. The van der Waals surface area contributed by atoms with Gasteiger partial charge in [-0.15, -0.1) is 12.4 Å². The van der Waals surface area contributed by atoms with Gasteiger partial charge >= 0.3 is 0 Å². The summed E-state index contributed by atoms with van der Waals surface area (Å²) in [6.45, 7) is 2.87. The molecule has 0 aliphatic heterocycles. The van der Waals surface area contributed by atoms with Crippen LogP contribution in [0.5, 0.6) is 0 Å². The highest BCUT2D eigenvalue weighted by atomic mass is 35.5. The molecule has 1 aliphatic rings. The average molecular weight is 161 g/mol. The SMILES string of the molecule is CC1(CN)CC(C#N)C1.Cl. The normalized spacial score (nSPS) is 37.1. The molecule has 10 heavy (non-hydrogen) atoms. The van der Waals surface area contributed by atoms with Crippen LogP contribution >= 0.6 is 12.4 Å². The summed E-state index contributed by atoms with van der Waals surface area (Å²) in [5, 5.41) is 8.42. The highest BCUT2D eigenvalue weighted by Crippen LogP contribution is 2.43. The lowest BCUT2D eigenvalue weighted by Gasteiger charge is -2.40. The second-order valence-electron chi connectivity index (χ2n) is 3.25. The Balaban J connectivity index is 0.000000810. The molecule has 1 saturated carbocycles. The van der Waals surface area contributed by atoms with E-state index in [0.717, 1.165) is 19.4 Å². The molecule has 0 amide bonds. The lowest BCUT2D eigenvalue weighted by Crippen LogP contribution is -2.39. The molecule has 0 aromatic heterocycles. The van der Waals surface area contributed by atoms with E-state index in [1.807, 2.05) is 0 Å². The van der Waals surface area contributed by atoms with E-state index in [9.17, 15) is 0 Å². The first-order valence-corrected chi connectivity index (χ1v) is 3.30. The highest BCUT2D eigenvalue weighted by molar-refractivity contribution is 5.85. The third-order valence-corrected chi connectivity index (χ3v) is 2.15. The number of nitrogens with zero attached hydrogens (tertiary/aromatic N) is 1. The summed E-state index contributed by atoms with van der Waals surface area (Å²) < 4.78 is 0. The van der Waals surface area contributed by atoms with Gasteiger partial charge in [0.05, 0.1) is 6.07 Å². The standard InChI is InChI=1S/C7H12N2.ClH/c1-7(5-9)2-6(3-7)4-8;/h6H,2-3,5,9H2,1H3;1H. The van der Waals surface area contributed by atoms with E-state index in [-0.39, 0.29) is 12.4 Å². The van der Waals surface area contributed by atoms with Gasteiger partial charge in [-0.3, -0.25) is 0 Å². The van der Waals surface area contributed by atoms with Crippen molar-refractivity contribution in [1.29, 1.82) is 5.26 Å². The zero-order valence-corrected chi connectivity index (χ0v) is 6.95. The van der Waals surface area contributed by atoms with Crippen molar-refractivity contribution < 1.29 is 0 Å². The van der Waals surface area contributed by atoms with E-state index in [1.54, 1.807) is 0 Å². The van der Waals surface area contributed by atoms with Gasteiger partial charge in [0.2, 0.25) is 0 Å². The van der Waals surface area contributed by atoms with Crippen LogP contribution in [0.15, 0.2) is 0 Å². The van der Waals surface area contributed by atoms with Crippen LogP contribution < -0.4 is 5.73 Å². The Morgan fingerprint density at radius 2 is 2.20 bits per heavy atom. The van der Waals surface area contributed by atoms with Gasteiger partial charge < -0.3 is 5.73 Å². The molecule has 58 valence electrons. The van der Waals surface area contributed by atoms with Crippen molar-refractivity contribution in [2.45, 2.75) is 19.8 Å². The van der Waals surface area contributed by atoms with Crippen molar-refractivity contribution in [1.82, 2.24) is 0 Å². The second-order valence-corrected chi connectivity index (χ2v) is 3.25. The third-order valence-electron chi connectivity index (χ3n) is 2.15. The first-order chi connectivity index (χ1) is 4.20. The maximum Gasteiger partial charge on any atom is 0.0656 e. The van der Waals surface area contributed by atoms with Crippen molar-refractivity contribution >= 4 is 12.4 Å². The topological polar surface area (TPSA) is 49.8 Å². The van der Waals surface area contributed by atoms with Crippen LogP contribution in [0, 0.1) is 22.7 Å². The number of hydrogen-bond acceptors (Lipinski definition) is 2. The molecule has 0 saturated heterocycles. The molecule has 2 N–H and O–H groups in total. The van der Waals surface area contributed by atoms with E-state index < -0.39 is 0 Å². The first-order valence-electron chi connectivity index (χ1n) is 3.30. The quantitative estimate of drug-likeness (QED) is 0.629. The Bertz CT molecular complexity index is 144. The van der Waals surface area contributed by atoms with E-state index in [4.69, 9.17) is 11.0 Å². The molecule has 0 bridgehead atoms. The molecule has 0 atom stereocenters. The van der Waals surface area contributed by atoms with Crippen molar-refractivity contribution in [2.24, 2.45) is 17.1 Å². The van der Waals surface area contributed by atoms with Crippen LogP contribution in [0.3, 0.4) is 0 Å². The van der Waals surface area contributed by atoms with Gasteiger partial charge in [-0.05, 0) is 24.8 Å². The summed E-state index contributed by atoms with van der Waals surface area (Å²) in [7, 11) is 0. The molecule has 0 radical (unpaired) electrons. The van der Waals surface area contributed by atoms with Gasteiger partial charge in [-0.2, -0.15) is 5.26 Å². The number of halogens is 1. The summed E-state index contributed by atoms with van der Waals surface area (Å²) in [5.41, 5.74) is 5.77. The number of rotatable bonds is 1. The third kappa shape index (κ3) is 1.62. The first kappa shape index (κ1) is 9.74. The number of nitrogens with two attached hydrogens (primary N) is 1. The Morgan fingerprint density at radius 1 is 1.70 bits per heavy atom. The predicted octanol–water partition coefficient (Wildman–Crippen LogP) is 1.31. The summed E-state index contributed by atoms with van der Waals surface area (Å²) in [6, 6.07) is 2.24. The molecule has 0 unspecified atom stereocenters. The zero-order chi connectivity index (χ0) is 6.91. The molecule has 0 aromatic carbocycles. The van der Waals surface area contributed by atoms with Crippen LogP contribution in [0.4, 0.5) is 0 Å². The summed E-state index contributed by atoms with van der Waals surface area (Å²) in [5.74, 6) is 0.290. The minimum absolute atomic E-state index is 0. The van der Waals surface area contributed by atoms with Crippen LogP contribution in [0.2, 0.25) is 0 Å². The van der Waals surface area contributed by atoms with E-state index in [1.165, 1.54) is 0 Å². The van der Waals surface area contributed by atoms with Crippen molar-refractivity contribution in [3.8, 4) is 6.07 Å². The van der Waals surface area contributed by atoms with Gasteiger partial charge in [0.1, 0.15) is 0 Å². The van der Waals surface area contributed by atoms with Gasteiger partial charge in [0.25, 0.3) is 0 Å². The molecule has 0 aromatic rings. The van der Waals surface area contributed by atoms with Gasteiger partial charge in [-0.25, -0.2) is 0 Å². The fraction of sp³-hybridized carbons (Fsp3) is 0.857. The molecule has 1 rings (SSSR count). The molecule has 1 aliphatic carbocycles. The molecule has 0 heterocycles. The Hall–Kier alpha value is -0.260. The lowest BCUT2D eigenvalue weighted by atomic mass is 9.64. The highest BCUT2D eigenvalue weighted by Gasteiger charge is 2.38. The summed E-state index contributed by atoms with van der Waals surface area (Å²) in [4.78, 5) is 0. The smallest absolute Gasteiger partial charge is 0.0656 e. The van der Waals surface area contributed by atoms with Crippen LogP contribution in [0.1, 0.15) is 19.8 Å². The number of nitriles is 1. The fourth-order valence-electron chi connectivity index (χ4n) is 1.39. The van der Waals surface area contributed by atoms with Crippen molar-refractivity contribution in [3.63, 3.8) is 0 Å². The molecular weight excluding hydrogens is 148 g/mol. The minimum Gasteiger partial charge on any atom is -0.330 e. The minimum atomic E-state index is 0. The van der Waals surface area contributed by atoms with E-state index in [0.29, 0.717) is 11.3 Å². The zero-order valence-electron chi connectivity index (χ0n) is 6.13. The largest absolute Gasteiger partial charge is 0.330 e. The monoisotopic (exact) mass is 160 g/mol. The van der Waals surface area contributed by atoms with E-state index in [2.05, 4.69) is 13.0 Å². The lowest BCUT2D eigenvalue weighted by molar-refractivity contribution is 0.122. The van der Waals surface area contributed by atoms with Crippen molar-refractivity contribution in [2.75, 3.05) is 6.54 Å². The molecule has 2 nitrogen and oxygen atoms in total. The Kier molecular flexibility index (Phi) is 3.14. The number of hydrogen-bond donors (Lipinski definition) is 1. The maximum atomic E-state index is 8.42. The predicted molar refractivity (Wildman–Crippen MR) is 42.7 cm³/mol. The maximum absolute atomic E-state index is 8.42. The fourth-order valence-corrected chi connectivity index (χ4v) is 1.39. The summed E-state index contributed by atoms with van der Waals surface area (Å²) >= 11 is 0. The van der Waals surface area contributed by atoms with Crippen LogP contribution in [-0.4, -0.2) is 6.54 Å². The van der Waals surface area contributed by atoms with Gasteiger partial charge in [0, 0.05) is 5.92 Å². The van der Waals surface area contributed by atoms with Crippen LogP contribution in [-0.2, 0) is 0 Å². The van der Waals surface area contributed by atoms with Gasteiger partial charge in [0.15, 0.2) is 0 Å². The second kappa shape index (κ2) is 3.23. The summed E-state index contributed by atoms with van der Waals surface area (Å²) in [6.07, 6.45) is 2.00.